The first-order chi connectivity index (χ1) is 12.8. The number of nitrogens with one attached hydrogen (secondary N) is 1. The van der Waals surface area contributed by atoms with E-state index in [1.165, 1.54) is 0 Å². The molecule has 1 amide bonds. The fourth-order valence-electron chi connectivity index (χ4n) is 3.33. The minimum absolute atomic E-state index is 0.154. The van der Waals surface area contributed by atoms with Gasteiger partial charge in [-0.1, -0.05) is 42.5 Å². The smallest absolute Gasteiger partial charge is 0.270 e. The van der Waals surface area contributed by atoms with Gasteiger partial charge in [0.25, 0.3) is 5.91 Å². The molecule has 1 saturated heterocycles. The molecule has 5 heteroatoms. The third-order valence-electron chi connectivity index (χ3n) is 4.67. The molecular formula is C21H21N3O2. The number of amides is 1. The first-order valence-electron chi connectivity index (χ1n) is 8.85. The van der Waals surface area contributed by atoms with Crippen molar-refractivity contribution in [1.29, 1.82) is 0 Å². The van der Waals surface area contributed by atoms with Crippen molar-refractivity contribution in [3.8, 4) is 0 Å². The maximum absolute atomic E-state index is 12.7. The Bertz CT molecular complexity index is 915. The number of aromatic nitrogens is 1. The number of nitrogens with zero attached hydrogens (tertiary/aromatic N) is 2. The van der Waals surface area contributed by atoms with Crippen LogP contribution in [-0.4, -0.2) is 37.2 Å². The maximum atomic E-state index is 12.7. The van der Waals surface area contributed by atoms with E-state index in [-0.39, 0.29) is 5.91 Å². The number of rotatable bonds is 4. The van der Waals surface area contributed by atoms with E-state index in [4.69, 9.17) is 4.74 Å². The second-order valence-electron chi connectivity index (χ2n) is 6.29. The summed E-state index contributed by atoms with van der Waals surface area (Å²) >= 11 is 0. The van der Waals surface area contributed by atoms with Gasteiger partial charge in [0.05, 0.1) is 13.2 Å². The standard InChI is InChI=1S/C21H21N3O2/c25-21(20-18-7-3-1-5-16(18)9-10-22-20)23-15-17-6-2-4-8-19(17)24-11-13-26-14-12-24/h1-10H,11-15H2,(H,23,25). The minimum atomic E-state index is -0.154. The Labute approximate surface area is 152 Å². The number of benzene rings is 2. The molecule has 0 atom stereocenters. The van der Waals surface area contributed by atoms with E-state index < -0.39 is 0 Å². The number of para-hydroxylation sites is 1. The van der Waals surface area contributed by atoms with Crippen LogP contribution in [0.15, 0.2) is 60.8 Å². The number of hydrogen-bond donors (Lipinski definition) is 1. The molecule has 5 nitrogen and oxygen atoms in total. The zero-order valence-electron chi connectivity index (χ0n) is 14.5. The Morgan fingerprint density at radius 3 is 2.69 bits per heavy atom. The summed E-state index contributed by atoms with van der Waals surface area (Å²) in [5.74, 6) is -0.154. The van der Waals surface area contributed by atoms with E-state index in [0.29, 0.717) is 12.2 Å². The summed E-state index contributed by atoms with van der Waals surface area (Å²) in [6.07, 6.45) is 1.68. The highest BCUT2D eigenvalue weighted by Gasteiger charge is 2.16. The molecule has 1 aliphatic rings. The van der Waals surface area contributed by atoms with E-state index >= 15 is 0 Å². The second-order valence-corrected chi connectivity index (χ2v) is 6.29. The molecule has 26 heavy (non-hydrogen) atoms. The Hall–Kier alpha value is -2.92. The van der Waals surface area contributed by atoms with E-state index in [2.05, 4.69) is 27.3 Å². The lowest BCUT2D eigenvalue weighted by Crippen LogP contribution is -2.37. The summed E-state index contributed by atoms with van der Waals surface area (Å²) in [5.41, 5.74) is 2.72. The Morgan fingerprint density at radius 1 is 1.04 bits per heavy atom. The fraction of sp³-hybridized carbons (Fsp3) is 0.238. The van der Waals surface area contributed by atoms with Gasteiger partial charge in [-0.05, 0) is 23.1 Å². The van der Waals surface area contributed by atoms with Crippen molar-refractivity contribution in [1.82, 2.24) is 10.3 Å². The van der Waals surface area contributed by atoms with Gasteiger partial charge in [-0.25, -0.2) is 0 Å². The zero-order chi connectivity index (χ0) is 17.8. The van der Waals surface area contributed by atoms with Crippen LogP contribution in [0.1, 0.15) is 16.1 Å². The Morgan fingerprint density at radius 2 is 1.81 bits per heavy atom. The number of morpholine rings is 1. The van der Waals surface area contributed by atoms with E-state index in [9.17, 15) is 4.79 Å². The predicted octanol–water partition coefficient (Wildman–Crippen LogP) is 3.00. The SMILES string of the molecule is O=C(NCc1ccccc1N1CCOCC1)c1nccc2ccccc12. The molecule has 0 bridgehead atoms. The topological polar surface area (TPSA) is 54.5 Å². The molecule has 1 aromatic heterocycles. The molecule has 0 aliphatic carbocycles. The lowest BCUT2D eigenvalue weighted by Gasteiger charge is -2.30. The summed E-state index contributed by atoms with van der Waals surface area (Å²) in [6.45, 7) is 3.68. The van der Waals surface area contributed by atoms with Gasteiger partial charge in [-0.15, -0.1) is 0 Å². The van der Waals surface area contributed by atoms with Gasteiger partial charge in [0.2, 0.25) is 0 Å². The quantitative estimate of drug-likeness (QED) is 0.788. The molecule has 132 valence electrons. The molecule has 3 aromatic rings. The predicted molar refractivity (Wildman–Crippen MR) is 102 cm³/mol. The number of anilines is 1. The summed E-state index contributed by atoms with van der Waals surface area (Å²) in [7, 11) is 0. The summed E-state index contributed by atoms with van der Waals surface area (Å²) in [5, 5.41) is 4.91. The molecule has 1 aliphatic heterocycles. The van der Waals surface area contributed by atoms with Crippen LogP contribution >= 0.6 is 0 Å². The zero-order valence-corrected chi connectivity index (χ0v) is 14.5. The Kier molecular flexibility index (Phi) is 4.80. The summed E-state index contributed by atoms with van der Waals surface area (Å²) < 4.78 is 5.44. The number of fused-ring (bicyclic) bond motifs is 1. The molecule has 0 unspecified atom stereocenters. The monoisotopic (exact) mass is 347 g/mol. The first kappa shape index (κ1) is 16.5. The molecule has 0 spiro atoms. The van der Waals surface area contributed by atoms with Crippen molar-refractivity contribution in [3.05, 3.63) is 72.1 Å². The number of ether oxygens (including phenoxy) is 1. The lowest BCUT2D eigenvalue weighted by molar-refractivity contribution is 0.0947. The second kappa shape index (κ2) is 7.54. The van der Waals surface area contributed by atoms with Gasteiger partial charge in [0.1, 0.15) is 5.69 Å². The van der Waals surface area contributed by atoms with Crippen molar-refractivity contribution in [2.45, 2.75) is 6.54 Å². The van der Waals surface area contributed by atoms with Gasteiger partial charge in [0, 0.05) is 36.9 Å². The normalized spacial score (nSPS) is 14.4. The van der Waals surface area contributed by atoms with Crippen LogP contribution in [-0.2, 0) is 11.3 Å². The molecule has 4 rings (SSSR count). The van der Waals surface area contributed by atoms with Gasteiger partial charge in [0.15, 0.2) is 0 Å². The largest absolute Gasteiger partial charge is 0.378 e. The van der Waals surface area contributed by atoms with E-state index in [0.717, 1.165) is 48.3 Å². The van der Waals surface area contributed by atoms with Crippen LogP contribution in [0, 0.1) is 0 Å². The maximum Gasteiger partial charge on any atom is 0.270 e. The highest BCUT2D eigenvalue weighted by Crippen LogP contribution is 2.22. The van der Waals surface area contributed by atoms with Crippen molar-refractivity contribution in [2.24, 2.45) is 0 Å². The molecular weight excluding hydrogens is 326 g/mol. The van der Waals surface area contributed by atoms with Gasteiger partial charge in [-0.3, -0.25) is 9.78 Å². The third-order valence-corrected chi connectivity index (χ3v) is 4.67. The van der Waals surface area contributed by atoms with Crippen LogP contribution in [0.2, 0.25) is 0 Å². The molecule has 1 fully saturated rings. The van der Waals surface area contributed by atoms with E-state index in [1.807, 2.05) is 42.5 Å². The lowest BCUT2D eigenvalue weighted by atomic mass is 10.1. The minimum Gasteiger partial charge on any atom is -0.378 e. The molecule has 0 radical (unpaired) electrons. The van der Waals surface area contributed by atoms with Crippen LogP contribution in [0.25, 0.3) is 10.8 Å². The highest BCUT2D eigenvalue weighted by molar-refractivity contribution is 6.05. The number of carbonyl (C=O) groups excluding carboxylic acids is 1. The Balaban J connectivity index is 1.53. The van der Waals surface area contributed by atoms with Crippen LogP contribution < -0.4 is 10.2 Å². The third kappa shape index (κ3) is 3.39. The van der Waals surface area contributed by atoms with Gasteiger partial charge >= 0.3 is 0 Å². The number of carbonyl (C=O) groups is 1. The van der Waals surface area contributed by atoms with Crippen molar-refractivity contribution in [3.63, 3.8) is 0 Å². The van der Waals surface area contributed by atoms with Crippen molar-refractivity contribution >= 4 is 22.4 Å². The number of hydrogen-bond acceptors (Lipinski definition) is 4. The highest BCUT2D eigenvalue weighted by atomic mass is 16.5. The average Bonchev–Trinajstić information content (AvgIpc) is 2.72. The van der Waals surface area contributed by atoms with Crippen LogP contribution in [0.5, 0.6) is 0 Å². The summed E-state index contributed by atoms with van der Waals surface area (Å²) in [4.78, 5) is 19.3. The van der Waals surface area contributed by atoms with Crippen LogP contribution in [0.4, 0.5) is 5.69 Å². The average molecular weight is 347 g/mol. The molecule has 1 N–H and O–H groups in total. The van der Waals surface area contributed by atoms with Crippen LogP contribution in [0.3, 0.4) is 0 Å². The first-order valence-corrected chi connectivity index (χ1v) is 8.85. The van der Waals surface area contributed by atoms with Gasteiger partial charge in [-0.2, -0.15) is 0 Å². The van der Waals surface area contributed by atoms with Crippen molar-refractivity contribution in [2.75, 3.05) is 31.2 Å². The molecule has 2 heterocycles. The van der Waals surface area contributed by atoms with Gasteiger partial charge < -0.3 is 15.0 Å². The molecule has 0 saturated carbocycles. The fourth-order valence-corrected chi connectivity index (χ4v) is 3.33. The molecule has 2 aromatic carbocycles. The summed E-state index contributed by atoms with van der Waals surface area (Å²) in [6, 6.07) is 17.9. The van der Waals surface area contributed by atoms with E-state index in [1.54, 1.807) is 6.20 Å². The van der Waals surface area contributed by atoms with Crippen molar-refractivity contribution < 1.29 is 9.53 Å². The number of pyridine rings is 1.